The normalized spacial score (nSPS) is 20.5. The number of esters is 2. The summed E-state index contributed by atoms with van der Waals surface area (Å²) >= 11 is 0. The van der Waals surface area contributed by atoms with Crippen molar-refractivity contribution in [2.24, 2.45) is 0 Å². The lowest BCUT2D eigenvalue weighted by molar-refractivity contribution is -0.157. The van der Waals surface area contributed by atoms with Crippen LogP contribution in [0.2, 0.25) is 0 Å². The summed E-state index contributed by atoms with van der Waals surface area (Å²) in [6, 6.07) is 9.19. The lowest BCUT2D eigenvalue weighted by Crippen LogP contribution is -2.48. The molecule has 1 aromatic rings. The minimum atomic E-state index is -0.702. The highest BCUT2D eigenvalue weighted by Gasteiger charge is 2.43. The van der Waals surface area contributed by atoms with E-state index in [1.165, 1.54) is 4.90 Å². The molecule has 7 heteroatoms. The maximum atomic E-state index is 11.6. The topological polar surface area (TPSA) is 82.1 Å². The Balaban J connectivity index is 1.39. The lowest BCUT2D eigenvalue weighted by Gasteiger charge is -2.30. The Kier molecular flexibility index (Phi) is 4.27. The molecule has 0 saturated carbocycles. The van der Waals surface area contributed by atoms with Gasteiger partial charge >= 0.3 is 11.9 Å². The Hall–Kier alpha value is -2.83. The van der Waals surface area contributed by atoms with Crippen molar-refractivity contribution in [1.82, 2.24) is 4.90 Å². The van der Waals surface area contributed by atoms with Crippen molar-refractivity contribution in [3.8, 4) is 0 Å². The fourth-order valence-electron chi connectivity index (χ4n) is 2.26. The Morgan fingerprint density at radius 2 is 2.04 bits per heavy atom. The molecule has 0 aliphatic carbocycles. The molecule has 1 aromatic carbocycles. The number of β-lactam (4-membered cyclic amide) rings is 1. The third-order valence-electron chi connectivity index (χ3n) is 3.48. The van der Waals surface area contributed by atoms with Crippen LogP contribution < -0.4 is 0 Å². The van der Waals surface area contributed by atoms with E-state index in [4.69, 9.17) is 14.2 Å². The van der Waals surface area contributed by atoms with E-state index in [1.807, 2.05) is 30.3 Å². The molecule has 0 spiro atoms. The minimum absolute atomic E-state index is 0.00347. The molecule has 3 rings (SSSR count). The zero-order valence-corrected chi connectivity index (χ0v) is 12.3. The van der Waals surface area contributed by atoms with Crippen molar-refractivity contribution in [1.29, 1.82) is 0 Å². The highest BCUT2D eigenvalue weighted by molar-refractivity contribution is 5.86. The molecule has 2 fully saturated rings. The van der Waals surface area contributed by atoms with Gasteiger partial charge in [-0.05, 0) is 5.56 Å². The van der Waals surface area contributed by atoms with Crippen LogP contribution >= 0.6 is 0 Å². The van der Waals surface area contributed by atoms with Crippen molar-refractivity contribution in [3.63, 3.8) is 0 Å². The monoisotopic (exact) mass is 317 g/mol. The molecule has 2 saturated heterocycles. The van der Waals surface area contributed by atoms with E-state index in [9.17, 15) is 14.4 Å². The molecule has 1 atom stereocenters. The van der Waals surface area contributed by atoms with Gasteiger partial charge in [0.05, 0.1) is 19.0 Å². The third kappa shape index (κ3) is 3.68. The molecule has 0 bridgehead atoms. The molecule has 2 aliphatic rings. The fourth-order valence-corrected chi connectivity index (χ4v) is 2.26. The Morgan fingerprint density at radius 3 is 2.74 bits per heavy atom. The van der Waals surface area contributed by atoms with Crippen LogP contribution in [0.3, 0.4) is 0 Å². The van der Waals surface area contributed by atoms with Crippen LogP contribution in [0.5, 0.6) is 0 Å². The zero-order chi connectivity index (χ0) is 16.2. The van der Waals surface area contributed by atoms with Crippen LogP contribution in [0, 0.1) is 0 Å². The van der Waals surface area contributed by atoms with Crippen LogP contribution in [0.1, 0.15) is 12.0 Å². The van der Waals surface area contributed by atoms with E-state index < -0.39 is 18.5 Å². The number of ether oxygens (including phenoxy) is 3. The number of nitrogens with zero attached hydrogens (tertiary/aromatic N) is 1. The summed E-state index contributed by atoms with van der Waals surface area (Å²) in [6.45, 7) is -0.0846. The summed E-state index contributed by atoms with van der Waals surface area (Å²) < 4.78 is 15.1. The van der Waals surface area contributed by atoms with E-state index in [0.717, 1.165) is 11.6 Å². The maximum Gasteiger partial charge on any atom is 0.344 e. The molecule has 23 heavy (non-hydrogen) atoms. The molecule has 0 radical (unpaired) electrons. The van der Waals surface area contributed by atoms with E-state index in [1.54, 1.807) is 0 Å². The van der Waals surface area contributed by atoms with E-state index >= 15 is 0 Å². The highest BCUT2D eigenvalue weighted by atomic mass is 16.6. The van der Waals surface area contributed by atoms with Crippen LogP contribution in [0.4, 0.5) is 0 Å². The lowest BCUT2D eigenvalue weighted by atomic mass is 10.2. The van der Waals surface area contributed by atoms with Gasteiger partial charge in [-0.15, -0.1) is 0 Å². The first-order valence-corrected chi connectivity index (χ1v) is 7.15. The van der Waals surface area contributed by atoms with Crippen molar-refractivity contribution in [3.05, 3.63) is 47.7 Å². The first-order chi connectivity index (χ1) is 11.1. The van der Waals surface area contributed by atoms with Gasteiger partial charge in [0.25, 0.3) is 0 Å². The van der Waals surface area contributed by atoms with Gasteiger partial charge in [-0.3, -0.25) is 9.69 Å². The maximum absolute atomic E-state index is 11.6. The van der Waals surface area contributed by atoms with Gasteiger partial charge in [-0.2, -0.15) is 0 Å². The number of carbonyl (C=O) groups excluding carboxylic acids is 3. The van der Waals surface area contributed by atoms with E-state index in [2.05, 4.69) is 0 Å². The average molecular weight is 317 g/mol. The molecule has 0 aromatic heterocycles. The zero-order valence-electron chi connectivity index (χ0n) is 12.3. The first-order valence-electron chi connectivity index (χ1n) is 7.15. The molecule has 1 unspecified atom stereocenters. The summed E-state index contributed by atoms with van der Waals surface area (Å²) in [7, 11) is 0. The SMILES string of the molecule is O=C(/C=C1/CN2C(=O)CC2O1)OCC(=O)OCc1ccccc1. The van der Waals surface area contributed by atoms with E-state index in [0.29, 0.717) is 12.2 Å². The number of amides is 1. The Labute approximate surface area is 132 Å². The van der Waals surface area contributed by atoms with Crippen LogP contribution in [0.15, 0.2) is 42.2 Å². The second-order valence-corrected chi connectivity index (χ2v) is 5.16. The Bertz CT molecular complexity index is 654. The number of hydrogen-bond donors (Lipinski definition) is 0. The number of carbonyl (C=O) groups is 3. The van der Waals surface area contributed by atoms with Gasteiger partial charge < -0.3 is 14.2 Å². The summed E-state index contributed by atoms with van der Waals surface area (Å²) in [4.78, 5) is 35.8. The van der Waals surface area contributed by atoms with Crippen LogP contribution in [-0.2, 0) is 35.2 Å². The van der Waals surface area contributed by atoms with Crippen LogP contribution in [-0.4, -0.2) is 42.1 Å². The van der Waals surface area contributed by atoms with Crippen molar-refractivity contribution in [2.45, 2.75) is 19.3 Å². The Morgan fingerprint density at radius 1 is 1.26 bits per heavy atom. The number of benzene rings is 1. The molecular formula is C16H15NO6. The second kappa shape index (κ2) is 6.51. The average Bonchev–Trinajstić information content (AvgIpc) is 2.88. The predicted octanol–water partition coefficient (Wildman–Crippen LogP) is 0.745. The summed E-state index contributed by atoms with van der Waals surface area (Å²) in [5.74, 6) is -0.974. The summed E-state index contributed by atoms with van der Waals surface area (Å²) in [5.41, 5.74) is 0.850. The van der Waals surface area contributed by atoms with E-state index in [-0.39, 0.29) is 25.3 Å². The second-order valence-electron chi connectivity index (χ2n) is 5.16. The smallest absolute Gasteiger partial charge is 0.344 e. The first kappa shape index (κ1) is 15.1. The quantitative estimate of drug-likeness (QED) is 0.453. The number of rotatable bonds is 5. The van der Waals surface area contributed by atoms with Gasteiger partial charge in [0.2, 0.25) is 5.91 Å². The molecule has 2 heterocycles. The molecule has 120 valence electrons. The largest absolute Gasteiger partial charge is 0.472 e. The van der Waals surface area contributed by atoms with Gasteiger partial charge in [0.1, 0.15) is 12.4 Å². The van der Waals surface area contributed by atoms with Gasteiger partial charge in [0.15, 0.2) is 12.8 Å². The van der Waals surface area contributed by atoms with Gasteiger partial charge in [-0.25, -0.2) is 9.59 Å². The van der Waals surface area contributed by atoms with Gasteiger partial charge in [0, 0.05) is 0 Å². The summed E-state index contributed by atoms with van der Waals surface area (Å²) in [5, 5.41) is 0. The molecule has 7 nitrogen and oxygen atoms in total. The van der Waals surface area contributed by atoms with Crippen LogP contribution in [0.25, 0.3) is 0 Å². The fraction of sp³-hybridized carbons (Fsp3) is 0.312. The molecule has 1 amide bonds. The van der Waals surface area contributed by atoms with Crippen molar-refractivity contribution >= 4 is 17.8 Å². The highest BCUT2D eigenvalue weighted by Crippen LogP contribution is 2.30. The third-order valence-corrected chi connectivity index (χ3v) is 3.48. The minimum Gasteiger partial charge on any atom is -0.472 e. The van der Waals surface area contributed by atoms with Gasteiger partial charge in [-0.1, -0.05) is 30.3 Å². The number of fused-ring (bicyclic) bond motifs is 1. The molecule has 0 N–H and O–H groups in total. The molecule has 2 aliphatic heterocycles. The van der Waals surface area contributed by atoms with Crippen molar-refractivity contribution in [2.75, 3.05) is 13.2 Å². The van der Waals surface area contributed by atoms with Crippen molar-refractivity contribution < 1.29 is 28.6 Å². The molecular weight excluding hydrogens is 302 g/mol. The predicted molar refractivity (Wildman–Crippen MR) is 76.5 cm³/mol. The summed E-state index contributed by atoms with van der Waals surface area (Å²) in [6.07, 6.45) is 1.21. The standard InChI is InChI=1S/C16H15NO6/c18-13-7-14-17(13)8-12(23-14)6-15(19)22-10-16(20)21-9-11-4-2-1-3-5-11/h1-6,14H,7-10H2/b12-6-. The number of hydrogen-bond acceptors (Lipinski definition) is 6.